The van der Waals surface area contributed by atoms with E-state index in [-0.39, 0.29) is 87.3 Å². The average molecular weight is 562 g/mol. The molecule has 4 rings (SSSR count). The fourth-order valence-corrected chi connectivity index (χ4v) is 4.48. The van der Waals surface area contributed by atoms with Gasteiger partial charge in [-0.2, -0.15) is 10.1 Å². The second-order valence-electron chi connectivity index (χ2n) is 7.55. The molecule has 1 aromatic heterocycles. The Balaban J connectivity index is 0.00000241. The number of hydrogen-bond donors (Lipinski definition) is 1. The summed E-state index contributed by atoms with van der Waals surface area (Å²) in [6.45, 7) is 3.08. The van der Waals surface area contributed by atoms with Crippen LogP contribution in [0.1, 0.15) is 18.2 Å². The number of nitrogens with zero attached hydrogens (tertiary/aromatic N) is 3. The molecule has 0 saturated carbocycles. The molecule has 37 heavy (non-hydrogen) atoms. The van der Waals surface area contributed by atoms with E-state index in [0.29, 0.717) is 5.69 Å². The Labute approximate surface area is 256 Å². The molecule has 3 aromatic rings. The summed E-state index contributed by atoms with van der Waals surface area (Å²) < 4.78 is 69.0. The molecular weight excluding hydrogens is 546 g/mol. The molecule has 1 N–H and O–H groups in total. The van der Waals surface area contributed by atoms with Crippen LogP contribution < -0.4 is 69.7 Å². The van der Waals surface area contributed by atoms with Crippen molar-refractivity contribution in [1.29, 1.82) is 0 Å². The summed E-state index contributed by atoms with van der Waals surface area (Å²) in [5.41, 5.74) is 0.230. The van der Waals surface area contributed by atoms with E-state index in [2.05, 4.69) is 10.2 Å². The van der Waals surface area contributed by atoms with Crippen molar-refractivity contribution in [3.8, 4) is 5.69 Å². The molecule has 0 atom stereocenters. The van der Waals surface area contributed by atoms with Crippen LogP contribution in [-0.4, -0.2) is 47.3 Å². The summed E-state index contributed by atoms with van der Waals surface area (Å²) in [5.74, 6) is -0.658. The number of carbonyl (C=O) groups excluding carboxylic acids is 1. The predicted molar refractivity (Wildman–Crippen MR) is 122 cm³/mol. The SMILES string of the molecule is CC1=NN(c2cccc(S(=O)(=O)[O-])c2)C(=O)/C1=C/c1c(C)[nH]n(-c2cccc(S(=O)(=O)[O-])c2)c1=O.[Na+].[Na+]. The summed E-state index contributed by atoms with van der Waals surface area (Å²) in [4.78, 5) is 25.0. The van der Waals surface area contributed by atoms with E-state index < -0.39 is 41.5 Å². The summed E-state index contributed by atoms with van der Waals surface area (Å²) in [6.07, 6.45) is 1.30. The minimum absolute atomic E-state index is 0. The number of hydrogen-bond acceptors (Lipinski definition) is 9. The minimum atomic E-state index is -4.75. The van der Waals surface area contributed by atoms with Gasteiger partial charge in [-0.25, -0.2) is 21.5 Å². The third kappa shape index (κ3) is 6.42. The van der Waals surface area contributed by atoms with Gasteiger partial charge in [0.25, 0.3) is 11.5 Å². The van der Waals surface area contributed by atoms with E-state index in [1.54, 1.807) is 6.92 Å². The number of rotatable bonds is 5. The van der Waals surface area contributed by atoms with Gasteiger partial charge in [0, 0.05) is 5.69 Å². The molecular formula is C21H16N4Na2O8S2. The normalized spacial score (nSPS) is 14.8. The monoisotopic (exact) mass is 562 g/mol. The zero-order valence-corrected chi connectivity index (χ0v) is 25.8. The molecule has 182 valence electrons. The molecule has 2 heterocycles. The molecule has 1 aliphatic heterocycles. The van der Waals surface area contributed by atoms with Gasteiger partial charge >= 0.3 is 59.1 Å². The van der Waals surface area contributed by atoms with Crippen LogP contribution >= 0.6 is 0 Å². The standard InChI is InChI=1S/C21H18N4O8S2.2Na/c1-12-18(20(26)24(22-12)14-5-3-7-16(9-14)34(28,29)30)11-19-13(2)23-25(21(19)27)15-6-4-8-17(10-15)35(31,32)33;;/h3-11,22H,1-2H3,(H,28,29,30)(H,31,32,33);;/q;2*+1/p-2/b19-11+;;. The number of benzene rings is 2. The largest absolute Gasteiger partial charge is 1.00 e. The first kappa shape index (κ1) is 31.4. The number of H-pyrrole nitrogens is 1. The van der Waals surface area contributed by atoms with Crippen molar-refractivity contribution >= 4 is 43.6 Å². The van der Waals surface area contributed by atoms with Crippen LogP contribution in [0.2, 0.25) is 0 Å². The van der Waals surface area contributed by atoms with Crippen molar-refractivity contribution < 1.29 is 89.9 Å². The fraction of sp³-hybridized carbons (Fsp3) is 0.0952. The van der Waals surface area contributed by atoms with Crippen molar-refractivity contribution in [1.82, 2.24) is 9.78 Å². The number of aryl methyl sites for hydroxylation is 1. The first-order valence-corrected chi connectivity index (χ1v) is 12.6. The van der Waals surface area contributed by atoms with Gasteiger partial charge in [-0.15, -0.1) is 0 Å². The van der Waals surface area contributed by atoms with E-state index in [4.69, 9.17) is 0 Å². The quantitative estimate of drug-likeness (QED) is 0.182. The second-order valence-corrected chi connectivity index (χ2v) is 10.3. The van der Waals surface area contributed by atoms with Crippen molar-refractivity contribution in [3.63, 3.8) is 0 Å². The van der Waals surface area contributed by atoms with Crippen molar-refractivity contribution in [2.75, 3.05) is 5.01 Å². The number of hydrazone groups is 1. The molecule has 0 radical (unpaired) electrons. The molecule has 0 bridgehead atoms. The first-order valence-electron chi connectivity index (χ1n) is 9.83. The molecule has 0 fully saturated rings. The summed E-state index contributed by atoms with van der Waals surface area (Å²) >= 11 is 0. The van der Waals surface area contributed by atoms with Crippen LogP contribution in [0, 0.1) is 6.92 Å². The Bertz CT molecular complexity index is 1720. The van der Waals surface area contributed by atoms with Crippen LogP contribution in [0.25, 0.3) is 11.8 Å². The number of anilines is 1. The van der Waals surface area contributed by atoms with Gasteiger partial charge < -0.3 is 9.11 Å². The van der Waals surface area contributed by atoms with Crippen LogP contribution in [0.3, 0.4) is 0 Å². The maximum absolute atomic E-state index is 13.1. The Morgan fingerprint density at radius 1 is 0.865 bits per heavy atom. The predicted octanol–water partition coefficient (Wildman–Crippen LogP) is -4.90. The van der Waals surface area contributed by atoms with Gasteiger partial charge in [0.15, 0.2) is 0 Å². The van der Waals surface area contributed by atoms with Gasteiger partial charge in [-0.05, 0) is 56.3 Å². The molecule has 0 spiro atoms. The third-order valence-electron chi connectivity index (χ3n) is 5.18. The van der Waals surface area contributed by atoms with Gasteiger partial charge in [-0.1, -0.05) is 12.1 Å². The number of carbonyl (C=O) groups is 1. The number of aromatic amines is 1. The van der Waals surface area contributed by atoms with E-state index in [0.717, 1.165) is 34.0 Å². The van der Waals surface area contributed by atoms with Crippen LogP contribution in [-0.2, 0) is 25.0 Å². The molecule has 1 aliphatic rings. The molecule has 16 heteroatoms. The Morgan fingerprint density at radius 3 is 1.92 bits per heavy atom. The number of nitrogens with one attached hydrogen (secondary N) is 1. The molecule has 1 amide bonds. The first-order chi connectivity index (χ1) is 16.3. The summed E-state index contributed by atoms with van der Waals surface area (Å²) in [7, 11) is -9.49. The van der Waals surface area contributed by atoms with Crippen LogP contribution in [0.15, 0.2) is 73.8 Å². The van der Waals surface area contributed by atoms with Gasteiger partial charge in [-0.3, -0.25) is 14.7 Å². The average Bonchev–Trinajstić information content (AvgIpc) is 3.23. The van der Waals surface area contributed by atoms with E-state index >= 15 is 0 Å². The summed E-state index contributed by atoms with van der Waals surface area (Å²) in [5, 5.41) is 7.81. The Morgan fingerprint density at radius 2 is 1.38 bits per heavy atom. The van der Waals surface area contributed by atoms with Gasteiger partial charge in [0.1, 0.15) is 20.2 Å². The third-order valence-corrected chi connectivity index (χ3v) is 6.85. The van der Waals surface area contributed by atoms with Crippen molar-refractivity contribution in [2.24, 2.45) is 5.10 Å². The summed E-state index contributed by atoms with van der Waals surface area (Å²) in [6, 6.07) is 9.70. The zero-order valence-electron chi connectivity index (χ0n) is 20.1. The Hall–Kier alpha value is -1.85. The van der Waals surface area contributed by atoms with E-state index in [9.17, 15) is 35.5 Å². The van der Waals surface area contributed by atoms with E-state index in [1.807, 2.05) is 0 Å². The van der Waals surface area contributed by atoms with Gasteiger partial charge in [0.05, 0.1) is 38.0 Å². The maximum atomic E-state index is 13.1. The molecule has 0 unspecified atom stereocenters. The van der Waals surface area contributed by atoms with Gasteiger partial charge in [0.2, 0.25) is 0 Å². The van der Waals surface area contributed by atoms with E-state index in [1.165, 1.54) is 37.3 Å². The maximum Gasteiger partial charge on any atom is 1.00 e. The molecule has 0 saturated heterocycles. The molecule has 0 aliphatic carbocycles. The minimum Gasteiger partial charge on any atom is -0.744 e. The number of aromatic nitrogens is 2. The molecule has 12 nitrogen and oxygen atoms in total. The smallest absolute Gasteiger partial charge is 0.744 e. The van der Waals surface area contributed by atoms with Crippen molar-refractivity contribution in [3.05, 3.63) is 75.7 Å². The fourth-order valence-electron chi connectivity index (χ4n) is 3.46. The van der Waals surface area contributed by atoms with Crippen LogP contribution in [0.4, 0.5) is 5.69 Å². The van der Waals surface area contributed by atoms with Crippen LogP contribution in [0.5, 0.6) is 0 Å². The molecule has 2 aromatic carbocycles. The number of amides is 1. The zero-order chi connectivity index (χ0) is 25.7. The van der Waals surface area contributed by atoms with Crippen molar-refractivity contribution in [2.45, 2.75) is 23.6 Å². The topological polar surface area (TPSA) is 185 Å². The second kappa shape index (κ2) is 11.5. The Kier molecular flexibility index (Phi) is 9.74.